The molecular formula is C24H18ClN5O2S. The van der Waals surface area contributed by atoms with Gasteiger partial charge in [0, 0.05) is 41.4 Å². The van der Waals surface area contributed by atoms with Crippen LogP contribution in [0.25, 0.3) is 0 Å². The Bertz CT molecular complexity index is 1390. The van der Waals surface area contributed by atoms with Gasteiger partial charge in [0.25, 0.3) is 5.56 Å². The summed E-state index contributed by atoms with van der Waals surface area (Å²) in [4.78, 5) is 27.5. The summed E-state index contributed by atoms with van der Waals surface area (Å²) in [6.45, 7) is 1.89. The molecule has 2 aromatic heterocycles. The topological polar surface area (TPSA) is 105 Å². The number of thioether (sulfide) groups is 1. The standard InChI is InChI=1S/C24H18ClN5O2S/c1-15-6-20(3-4-21(15)25)32-22-5-2-16(7-18(22)9-26)13-33-24-29-12-19(23(31)30-24)8-17-10-27-14-28-11-17/h2-7,10-12,14H,8,13H2,1H3,(H,29,30,31). The van der Waals surface area contributed by atoms with E-state index in [2.05, 4.69) is 26.0 Å². The number of aromatic nitrogens is 4. The highest BCUT2D eigenvalue weighted by Gasteiger charge is 2.10. The zero-order chi connectivity index (χ0) is 23.2. The maximum Gasteiger partial charge on any atom is 0.255 e. The molecule has 0 aliphatic rings. The number of rotatable bonds is 7. The average Bonchev–Trinajstić information content (AvgIpc) is 2.83. The van der Waals surface area contributed by atoms with E-state index < -0.39 is 0 Å². The van der Waals surface area contributed by atoms with Crippen molar-refractivity contribution >= 4 is 23.4 Å². The summed E-state index contributed by atoms with van der Waals surface area (Å²) in [7, 11) is 0. The fraction of sp³-hybridized carbons (Fsp3) is 0.125. The molecule has 0 atom stereocenters. The molecule has 0 aliphatic carbocycles. The number of benzene rings is 2. The number of ether oxygens (including phenoxy) is 1. The number of hydrogen-bond donors (Lipinski definition) is 1. The summed E-state index contributed by atoms with van der Waals surface area (Å²) in [5.41, 5.74) is 3.40. The first kappa shape index (κ1) is 22.5. The predicted octanol–water partition coefficient (Wildman–Crippen LogP) is 5.07. The number of hydrogen-bond acceptors (Lipinski definition) is 7. The van der Waals surface area contributed by atoms with Crippen LogP contribution in [0.15, 0.2) is 71.3 Å². The quantitative estimate of drug-likeness (QED) is 0.294. The van der Waals surface area contributed by atoms with Gasteiger partial charge in [-0.2, -0.15) is 5.26 Å². The van der Waals surface area contributed by atoms with Crippen molar-refractivity contribution in [3.05, 3.63) is 105 Å². The number of nitrogens with one attached hydrogen (secondary N) is 1. The van der Waals surface area contributed by atoms with Crippen molar-refractivity contribution in [2.24, 2.45) is 0 Å². The Morgan fingerprint density at radius 3 is 2.67 bits per heavy atom. The molecule has 0 saturated heterocycles. The highest BCUT2D eigenvalue weighted by Crippen LogP contribution is 2.30. The lowest BCUT2D eigenvalue weighted by Crippen LogP contribution is -2.14. The van der Waals surface area contributed by atoms with Crippen LogP contribution < -0.4 is 10.3 Å². The van der Waals surface area contributed by atoms with E-state index in [-0.39, 0.29) is 5.56 Å². The molecule has 9 heteroatoms. The van der Waals surface area contributed by atoms with Gasteiger partial charge in [-0.05, 0) is 53.9 Å². The third kappa shape index (κ3) is 5.77. The third-order valence-electron chi connectivity index (χ3n) is 4.76. The molecule has 164 valence electrons. The van der Waals surface area contributed by atoms with Gasteiger partial charge in [0.2, 0.25) is 0 Å². The first-order valence-electron chi connectivity index (χ1n) is 9.94. The van der Waals surface area contributed by atoms with Crippen LogP contribution in [0.2, 0.25) is 5.02 Å². The van der Waals surface area contributed by atoms with Crippen LogP contribution in [0.5, 0.6) is 11.5 Å². The molecule has 33 heavy (non-hydrogen) atoms. The Morgan fingerprint density at radius 1 is 1.12 bits per heavy atom. The predicted molar refractivity (Wildman–Crippen MR) is 127 cm³/mol. The Hall–Kier alpha value is -3.67. The molecule has 0 unspecified atom stereocenters. The minimum absolute atomic E-state index is 0.198. The zero-order valence-electron chi connectivity index (χ0n) is 17.6. The molecule has 0 spiro atoms. The van der Waals surface area contributed by atoms with Crippen molar-refractivity contribution < 1.29 is 4.74 Å². The molecule has 0 bridgehead atoms. The molecule has 1 N–H and O–H groups in total. The summed E-state index contributed by atoms with van der Waals surface area (Å²) in [6, 6.07) is 12.9. The summed E-state index contributed by atoms with van der Waals surface area (Å²) < 4.78 is 5.88. The second kappa shape index (κ2) is 10.3. The van der Waals surface area contributed by atoms with Crippen LogP contribution >= 0.6 is 23.4 Å². The molecule has 7 nitrogen and oxygen atoms in total. The van der Waals surface area contributed by atoms with E-state index in [0.29, 0.717) is 45.0 Å². The maximum atomic E-state index is 12.4. The Morgan fingerprint density at radius 2 is 1.94 bits per heavy atom. The van der Waals surface area contributed by atoms with Crippen molar-refractivity contribution in [3.8, 4) is 17.6 Å². The van der Waals surface area contributed by atoms with Crippen LogP contribution in [0.3, 0.4) is 0 Å². The lowest BCUT2D eigenvalue weighted by molar-refractivity contribution is 0.480. The van der Waals surface area contributed by atoms with Gasteiger partial charge in [0.1, 0.15) is 23.9 Å². The van der Waals surface area contributed by atoms with Gasteiger partial charge in [0.15, 0.2) is 5.16 Å². The van der Waals surface area contributed by atoms with E-state index in [1.54, 1.807) is 42.9 Å². The molecule has 0 amide bonds. The normalized spacial score (nSPS) is 10.6. The molecule has 2 heterocycles. The molecule has 2 aromatic carbocycles. The molecule has 0 radical (unpaired) electrons. The van der Waals surface area contributed by atoms with E-state index in [1.807, 2.05) is 19.1 Å². The number of nitrogens with zero attached hydrogens (tertiary/aromatic N) is 4. The summed E-state index contributed by atoms with van der Waals surface area (Å²) in [6.07, 6.45) is 6.77. The van der Waals surface area contributed by atoms with Gasteiger partial charge in [-0.25, -0.2) is 15.0 Å². The number of H-pyrrole nitrogens is 1. The van der Waals surface area contributed by atoms with Gasteiger partial charge in [-0.15, -0.1) is 0 Å². The van der Waals surface area contributed by atoms with E-state index in [4.69, 9.17) is 16.3 Å². The van der Waals surface area contributed by atoms with Crippen LogP contribution in [-0.2, 0) is 12.2 Å². The molecule has 4 rings (SSSR count). The lowest BCUT2D eigenvalue weighted by Gasteiger charge is -2.10. The van der Waals surface area contributed by atoms with Crippen LogP contribution in [-0.4, -0.2) is 19.9 Å². The Balaban J connectivity index is 1.43. The number of aryl methyl sites for hydroxylation is 1. The van der Waals surface area contributed by atoms with Crippen molar-refractivity contribution in [2.45, 2.75) is 24.3 Å². The van der Waals surface area contributed by atoms with Crippen LogP contribution in [0, 0.1) is 18.3 Å². The monoisotopic (exact) mass is 475 g/mol. The van der Waals surface area contributed by atoms with Gasteiger partial charge in [-0.1, -0.05) is 29.4 Å². The van der Waals surface area contributed by atoms with Crippen molar-refractivity contribution in [3.63, 3.8) is 0 Å². The first-order chi connectivity index (χ1) is 16.0. The van der Waals surface area contributed by atoms with E-state index in [9.17, 15) is 10.1 Å². The summed E-state index contributed by atoms with van der Waals surface area (Å²) in [5, 5.41) is 10.7. The van der Waals surface area contributed by atoms with E-state index in [1.165, 1.54) is 18.1 Å². The van der Waals surface area contributed by atoms with Crippen molar-refractivity contribution in [2.75, 3.05) is 0 Å². The van der Waals surface area contributed by atoms with Crippen LogP contribution in [0.4, 0.5) is 0 Å². The summed E-state index contributed by atoms with van der Waals surface area (Å²) >= 11 is 7.44. The largest absolute Gasteiger partial charge is 0.456 e. The van der Waals surface area contributed by atoms with Gasteiger partial charge in [0.05, 0.1) is 5.56 Å². The zero-order valence-corrected chi connectivity index (χ0v) is 19.2. The smallest absolute Gasteiger partial charge is 0.255 e. The Kier molecular flexibility index (Phi) is 7.03. The second-order valence-electron chi connectivity index (χ2n) is 7.21. The van der Waals surface area contributed by atoms with Gasteiger partial charge in [-0.3, -0.25) is 4.79 Å². The molecule has 0 aliphatic heterocycles. The highest BCUT2D eigenvalue weighted by atomic mass is 35.5. The van der Waals surface area contributed by atoms with Crippen molar-refractivity contribution in [1.82, 2.24) is 19.9 Å². The molecule has 4 aromatic rings. The van der Waals surface area contributed by atoms with E-state index in [0.717, 1.165) is 16.7 Å². The molecule has 0 saturated carbocycles. The van der Waals surface area contributed by atoms with E-state index >= 15 is 0 Å². The fourth-order valence-corrected chi connectivity index (χ4v) is 3.94. The number of halogens is 1. The SMILES string of the molecule is Cc1cc(Oc2ccc(CSc3ncc(Cc4cncnc4)c(=O)[nH]3)cc2C#N)ccc1Cl. The average molecular weight is 476 g/mol. The minimum atomic E-state index is -0.198. The first-order valence-corrected chi connectivity index (χ1v) is 11.3. The van der Waals surface area contributed by atoms with Crippen molar-refractivity contribution in [1.29, 1.82) is 5.26 Å². The van der Waals surface area contributed by atoms with Gasteiger partial charge < -0.3 is 9.72 Å². The highest BCUT2D eigenvalue weighted by molar-refractivity contribution is 7.98. The lowest BCUT2D eigenvalue weighted by atomic mass is 10.1. The van der Waals surface area contributed by atoms with Crippen LogP contribution in [0.1, 0.15) is 27.8 Å². The fourth-order valence-electron chi connectivity index (χ4n) is 3.05. The number of aromatic amines is 1. The third-order valence-corrected chi connectivity index (χ3v) is 6.14. The minimum Gasteiger partial charge on any atom is -0.456 e. The molecular weight excluding hydrogens is 458 g/mol. The number of nitriles is 1. The van der Waals surface area contributed by atoms with Gasteiger partial charge >= 0.3 is 0 Å². The second-order valence-corrected chi connectivity index (χ2v) is 8.58. The molecule has 0 fully saturated rings. The summed E-state index contributed by atoms with van der Waals surface area (Å²) in [5.74, 6) is 1.61. The maximum absolute atomic E-state index is 12.4. The Labute approximate surface area is 199 Å².